The first-order valence-electron chi connectivity index (χ1n) is 7.71. The monoisotopic (exact) mass is 338 g/mol. The zero-order valence-corrected chi connectivity index (χ0v) is 14.5. The standard InChI is InChI=1S/C16H22N4O2.ClH/c1-4-12-11-7-10(8-18-14(11)22-19-12)15(21)20-6-5-13(17)16(2,3)9-20;/h7-8,13H,4-6,9,17H2,1-3H3;1H. The van der Waals surface area contributed by atoms with Crippen LogP contribution in [0.25, 0.3) is 11.1 Å². The van der Waals surface area contributed by atoms with Crippen molar-refractivity contribution >= 4 is 29.4 Å². The first kappa shape index (κ1) is 17.7. The Morgan fingerprint density at radius 2 is 2.26 bits per heavy atom. The molecule has 3 heterocycles. The Kier molecular flexibility index (Phi) is 4.96. The van der Waals surface area contributed by atoms with Crippen LogP contribution in [-0.2, 0) is 6.42 Å². The minimum Gasteiger partial charge on any atom is -0.338 e. The third-order valence-electron chi connectivity index (χ3n) is 4.59. The van der Waals surface area contributed by atoms with E-state index in [1.165, 1.54) is 0 Å². The lowest BCUT2D eigenvalue weighted by Gasteiger charge is -2.42. The molecule has 2 aromatic heterocycles. The molecular formula is C16H23ClN4O2. The molecule has 2 N–H and O–H groups in total. The van der Waals surface area contributed by atoms with E-state index in [1.54, 1.807) is 6.20 Å². The van der Waals surface area contributed by atoms with Crippen molar-refractivity contribution in [1.82, 2.24) is 15.0 Å². The third-order valence-corrected chi connectivity index (χ3v) is 4.59. The summed E-state index contributed by atoms with van der Waals surface area (Å²) in [5, 5.41) is 4.80. The van der Waals surface area contributed by atoms with E-state index in [1.807, 2.05) is 17.9 Å². The van der Waals surface area contributed by atoms with Crippen molar-refractivity contribution in [2.75, 3.05) is 13.1 Å². The average Bonchev–Trinajstić information content (AvgIpc) is 2.91. The number of hydrogen-bond acceptors (Lipinski definition) is 5. The largest absolute Gasteiger partial charge is 0.338 e. The van der Waals surface area contributed by atoms with Crippen LogP contribution in [0.1, 0.15) is 43.2 Å². The van der Waals surface area contributed by atoms with Crippen molar-refractivity contribution in [1.29, 1.82) is 0 Å². The molecule has 2 aromatic rings. The SMILES string of the molecule is CCc1noc2ncc(C(=O)N3CCC(N)C(C)(C)C3)cc12.Cl. The van der Waals surface area contributed by atoms with Gasteiger partial charge in [-0.2, -0.15) is 0 Å². The smallest absolute Gasteiger partial charge is 0.257 e. The number of pyridine rings is 1. The summed E-state index contributed by atoms with van der Waals surface area (Å²) in [6.45, 7) is 7.56. The van der Waals surface area contributed by atoms with Crippen molar-refractivity contribution in [3.63, 3.8) is 0 Å². The van der Waals surface area contributed by atoms with Crippen molar-refractivity contribution in [3.05, 3.63) is 23.5 Å². The van der Waals surface area contributed by atoms with Crippen LogP contribution in [0.2, 0.25) is 0 Å². The van der Waals surface area contributed by atoms with Gasteiger partial charge in [-0.05, 0) is 24.3 Å². The third kappa shape index (κ3) is 3.19. The molecule has 0 aliphatic carbocycles. The molecule has 7 heteroatoms. The first-order chi connectivity index (χ1) is 10.4. The molecule has 0 aromatic carbocycles. The molecule has 1 saturated heterocycles. The molecule has 23 heavy (non-hydrogen) atoms. The number of rotatable bonds is 2. The maximum absolute atomic E-state index is 12.8. The minimum atomic E-state index is -0.0722. The molecule has 1 aliphatic heterocycles. The molecule has 6 nitrogen and oxygen atoms in total. The Hall–Kier alpha value is -1.66. The molecule has 1 aliphatic rings. The van der Waals surface area contributed by atoms with E-state index in [0.717, 1.165) is 23.9 Å². The van der Waals surface area contributed by atoms with Gasteiger partial charge in [0.2, 0.25) is 0 Å². The molecule has 1 amide bonds. The maximum atomic E-state index is 12.8. The number of fused-ring (bicyclic) bond motifs is 1. The van der Waals surface area contributed by atoms with Crippen LogP contribution in [0.5, 0.6) is 0 Å². The summed E-state index contributed by atoms with van der Waals surface area (Å²) in [4.78, 5) is 18.8. The predicted octanol–water partition coefficient (Wildman–Crippen LogP) is 2.41. The molecule has 1 atom stereocenters. The van der Waals surface area contributed by atoms with Crippen molar-refractivity contribution in [2.45, 2.75) is 39.7 Å². The summed E-state index contributed by atoms with van der Waals surface area (Å²) in [6, 6.07) is 1.96. The second-order valence-corrected chi connectivity index (χ2v) is 6.67. The van der Waals surface area contributed by atoms with Gasteiger partial charge in [0.05, 0.1) is 16.6 Å². The fourth-order valence-electron chi connectivity index (χ4n) is 2.98. The molecule has 0 bridgehead atoms. The molecule has 0 spiro atoms. The number of halogens is 1. The summed E-state index contributed by atoms with van der Waals surface area (Å²) in [5.41, 5.74) is 7.96. The zero-order valence-electron chi connectivity index (χ0n) is 13.7. The highest BCUT2D eigenvalue weighted by molar-refractivity contribution is 5.97. The lowest BCUT2D eigenvalue weighted by Crippen LogP contribution is -2.54. The lowest BCUT2D eigenvalue weighted by molar-refractivity contribution is 0.0533. The number of likely N-dealkylation sites (tertiary alicyclic amines) is 1. The first-order valence-corrected chi connectivity index (χ1v) is 7.71. The van der Waals surface area contributed by atoms with E-state index in [2.05, 4.69) is 24.0 Å². The fraction of sp³-hybridized carbons (Fsp3) is 0.562. The number of nitrogens with zero attached hydrogens (tertiary/aromatic N) is 3. The number of hydrogen-bond donors (Lipinski definition) is 1. The van der Waals surface area contributed by atoms with Gasteiger partial charge in [-0.15, -0.1) is 12.4 Å². The van der Waals surface area contributed by atoms with Crippen molar-refractivity contribution in [3.8, 4) is 0 Å². The number of nitrogens with two attached hydrogens (primary N) is 1. The molecule has 1 fully saturated rings. The second-order valence-electron chi connectivity index (χ2n) is 6.67. The van der Waals surface area contributed by atoms with Crippen LogP contribution in [0.15, 0.2) is 16.8 Å². The molecule has 3 rings (SSSR count). The predicted molar refractivity (Wildman–Crippen MR) is 90.7 cm³/mol. The van der Waals surface area contributed by atoms with Gasteiger partial charge in [0.25, 0.3) is 11.6 Å². The van der Waals surface area contributed by atoms with Crippen molar-refractivity contribution in [2.24, 2.45) is 11.1 Å². The Balaban J connectivity index is 0.00000192. The Morgan fingerprint density at radius 1 is 1.52 bits per heavy atom. The second kappa shape index (κ2) is 6.45. The highest BCUT2D eigenvalue weighted by Crippen LogP contribution is 2.29. The quantitative estimate of drug-likeness (QED) is 0.908. The Bertz CT molecular complexity index is 713. The molecular weight excluding hydrogens is 316 g/mol. The maximum Gasteiger partial charge on any atom is 0.257 e. The van der Waals surface area contributed by atoms with E-state index < -0.39 is 0 Å². The lowest BCUT2D eigenvalue weighted by atomic mass is 9.79. The van der Waals surface area contributed by atoms with Gasteiger partial charge in [0.1, 0.15) is 0 Å². The number of aromatic nitrogens is 2. The summed E-state index contributed by atoms with van der Waals surface area (Å²) < 4.78 is 5.16. The Morgan fingerprint density at radius 3 is 2.91 bits per heavy atom. The van der Waals surface area contributed by atoms with Crippen LogP contribution in [-0.4, -0.2) is 40.1 Å². The summed E-state index contributed by atoms with van der Waals surface area (Å²) in [5.74, 6) is -0.00220. The Labute approximate surface area is 141 Å². The normalized spacial score (nSPS) is 20.3. The van der Waals surface area contributed by atoms with E-state index in [4.69, 9.17) is 10.3 Å². The molecule has 0 saturated carbocycles. The van der Waals surface area contributed by atoms with Gasteiger partial charge < -0.3 is 15.2 Å². The number of carbonyl (C=O) groups is 1. The van der Waals surface area contributed by atoms with E-state index in [0.29, 0.717) is 24.4 Å². The van der Waals surface area contributed by atoms with Gasteiger partial charge >= 0.3 is 0 Å². The number of aryl methyl sites for hydroxylation is 1. The van der Waals surface area contributed by atoms with Gasteiger partial charge in [-0.3, -0.25) is 4.79 Å². The van der Waals surface area contributed by atoms with Gasteiger partial charge in [-0.1, -0.05) is 25.9 Å². The molecule has 0 radical (unpaired) electrons. The van der Waals surface area contributed by atoms with E-state index >= 15 is 0 Å². The number of amides is 1. The summed E-state index contributed by atoms with van der Waals surface area (Å²) >= 11 is 0. The fourth-order valence-corrected chi connectivity index (χ4v) is 2.98. The van der Waals surface area contributed by atoms with Crippen molar-refractivity contribution < 1.29 is 9.32 Å². The average molecular weight is 339 g/mol. The summed E-state index contributed by atoms with van der Waals surface area (Å²) in [7, 11) is 0. The number of piperidine rings is 1. The van der Waals surface area contributed by atoms with Crippen LogP contribution < -0.4 is 5.73 Å². The molecule has 126 valence electrons. The highest BCUT2D eigenvalue weighted by Gasteiger charge is 2.35. The topological polar surface area (TPSA) is 85.2 Å². The zero-order chi connectivity index (χ0) is 15.9. The van der Waals surface area contributed by atoms with Crippen LogP contribution in [0.3, 0.4) is 0 Å². The van der Waals surface area contributed by atoms with Crippen LogP contribution in [0.4, 0.5) is 0 Å². The van der Waals surface area contributed by atoms with Gasteiger partial charge in [0.15, 0.2) is 0 Å². The minimum absolute atomic E-state index is 0. The highest BCUT2D eigenvalue weighted by atomic mass is 35.5. The van der Waals surface area contributed by atoms with Gasteiger partial charge in [0, 0.05) is 25.3 Å². The van der Waals surface area contributed by atoms with Crippen LogP contribution in [0, 0.1) is 5.41 Å². The summed E-state index contributed by atoms with van der Waals surface area (Å²) in [6.07, 6.45) is 3.14. The molecule has 1 unspecified atom stereocenters. The van der Waals surface area contributed by atoms with E-state index in [-0.39, 0.29) is 29.8 Å². The van der Waals surface area contributed by atoms with Crippen LogP contribution >= 0.6 is 12.4 Å². The number of carbonyl (C=O) groups excluding carboxylic acids is 1. The van der Waals surface area contributed by atoms with E-state index in [9.17, 15) is 4.79 Å². The van der Waals surface area contributed by atoms with Gasteiger partial charge in [-0.25, -0.2) is 4.98 Å².